The molecule has 0 saturated heterocycles. The van der Waals surface area contributed by atoms with Gasteiger partial charge in [0.1, 0.15) is 0 Å². The highest BCUT2D eigenvalue weighted by atomic mass is 32.2. The monoisotopic (exact) mass is 284 g/mol. The van der Waals surface area contributed by atoms with Crippen molar-refractivity contribution in [3.63, 3.8) is 0 Å². The van der Waals surface area contributed by atoms with Crippen LogP contribution in [-0.2, 0) is 4.79 Å². The molecule has 1 amide bonds. The third-order valence-corrected chi connectivity index (χ3v) is 6.74. The van der Waals surface area contributed by atoms with Crippen LogP contribution in [0.2, 0.25) is 0 Å². The first kappa shape index (κ1) is 15.2. The highest BCUT2D eigenvalue weighted by molar-refractivity contribution is 8.00. The Morgan fingerprint density at radius 3 is 2.47 bits per heavy atom. The fourth-order valence-corrected chi connectivity index (χ4v) is 4.48. The van der Waals surface area contributed by atoms with Crippen LogP contribution < -0.4 is 11.1 Å². The summed E-state index contributed by atoms with van der Waals surface area (Å²) < 4.78 is 0.271. The number of nitrogens with one attached hydrogen (secondary N) is 1. The van der Waals surface area contributed by atoms with Gasteiger partial charge in [0.05, 0.1) is 5.41 Å². The predicted molar refractivity (Wildman–Crippen MR) is 82.3 cm³/mol. The first-order valence-corrected chi connectivity index (χ1v) is 8.84. The van der Waals surface area contributed by atoms with E-state index in [-0.39, 0.29) is 22.1 Å². The number of thioether (sulfide) groups is 1. The maximum absolute atomic E-state index is 12.5. The summed E-state index contributed by atoms with van der Waals surface area (Å²) >= 11 is 1.93. The van der Waals surface area contributed by atoms with Crippen LogP contribution in [0.1, 0.15) is 58.3 Å². The normalized spacial score (nSPS) is 34.2. The summed E-state index contributed by atoms with van der Waals surface area (Å²) in [7, 11) is 0. The van der Waals surface area contributed by atoms with Crippen LogP contribution >= 0.6 is 11.8 Å². The molecule has 3 nitrogen and oxygen atoms in total. The topological polar surface area (TPSA) is 55.1 Å². The Bertz CT molecular complexity index is 328. The number of rotatable bonds is 4. The van der Waals surface area contributed by atoms with Gasteiger partial charge in [-0.3, -0.25) is 4.79 Å². The molecule has 2 aliphatic carbocycles. The van der Waals surface area contributed by atoms with E-state index in [9.17, 15) is 4.79 Å². The van der Waals surface area contributed by atoms with E-state index in [0.717, 1.165) is 25.8 Å². The van der Waals surface area contributed by atoms with Gasteiger partial charge in [0.2, 0.25) is 5.91 Å². The van der Waals surface area contributed by atoms with Gasteiger partial charge in [0, 0.05) is 17.3 Å². The van der Waals surface area contributed by atoms with Gasteiger partial charge in [-0.1, -0.05) is 25.7 Å². The summed E-state index contributed by atoms with van der Waals surface area (Å²) in [5.74, 6) is 0.177. The average molecular weight is 284 g/mol. The van der Waals surface area contributed by atoms with Gasteiger partial charge < -0.3 is 11.1 Å². The minimum absolute atomic E-state index is 0.0316. The van der Waals surface area contributed by atoms with Gasteiger partial charge >= 0.3 is 0 Å². The zero-order chi connectivity index (χ0) is 13.9. The third-order valence-electron chi connectivity index (χ3n) is 5.32. The second-order valence-electron chi connectivity index (χ2n) is 6.55. The van der Waals surface area contributed by atoms with Crippen LogP contribution in [0, 0.1) is 5.41 Å². The number of amides is 1. The second-order valence-corrected chi connectivity index (χ2v) is 7.82. The molecule has 0 aromatic carbocycles. The SMILES string of the molecule is CSC1(CNC(=O)C2(C)CCCC2N)CCCCC1. The molecule has 2 atom stereocenters. The van der Waals surface area contributed by atoms with Crippen LogP contribution in [0.25, 0.3) is 0 Å². The number of nitrogens with two attached hydrogens (primary N) is 1. The molecule has 3 N–H and O–H groups in total. The molecule has 2 saturated carbocycles. The quantitative estimate of drug-likeness (QED) is 0.834. The van der Waals surface area contributed by atoms with Crippen molar-refractivity contribution in [2.75, 3.05) is 12.8 Å². The highest BCUT2D eigenvalue weighted by Gasteiger charge is 2.43. The lowest BCUT2D eigenvalue weighted by Gasteiger charge is -2.37. The summed E-state index contributed by atoms with van der Waals surface area (Å²) in [6, 6.07) is 0.0316. The van der Waals surface area contributed by atoms with Gasteiger partial charge in [0.15, 0.2) is 0 Å². The summed E-state index contributed by atoms with van der Waals surface area (Å²) in [5.41, 5.74) is 5.78. The molecular weight excluding hydrogens is 256 g/mol. The molecule has 0 aromatic rings. The Balaban J connectivity index is 1.92. The molecule has 19 heavy (non-hydrogen) atoms. The largest absolute Gasteiger partial charge is 0.354 e. The molecule has 2 aliphatic rings. The number of carbonyl (C=O) groups excluding carboxylic acids is 1. The van der Waals surface area contributed by atoms with Crippen molar-refractivity contribution in [2.24, 2.45) is 11.1 Å². The van der Waals surface area contributed by atoms with Crippen LogP contribution in [0.15, 0.2) is 0 Å². The van der Waals surface area contributed by atoms with E-state index in [1.807, 2.05) is 18.7 Å². The van der Waals surface area contributed by atoms with Crippen molar-refractivity contribution in [1.82, 2.24) is 5.32 Å². The summed E-state index contributed by atoms with van der Waals surface area (Å²) in [6.45, 7) is 2.85. The van der Waals surface area contributed by atoms with Gasteiger partial charge in [0.25, 0.3) is 0 Å². The van der Waals surface area contributed by atoms with Crippen molar-refractivity contribution in [3.05, 3.63) is 0 Å². The number of hydrogen-bond donors (Lipinski definition) is 2. The van der Waals surface area contributed by atoms with E-state index in [4.69, 9.17) is 5.73 Å². The highest BCUT2D eigenvalue weighted by Crippen LogP contribution is 2.40. The third kappa shape index (κ3) is 3.10. The smallest absolute Gasteiger partial charge is 0.227 e. The van der Waals surface area contributed by atoms with Crippen molar-refractivity contribution in [1.29, 1.82) is 0 Å². The molecule has 0 bridgehead atoms. The van der Waals surface area contributed by atoms with E-state index in [2.05, 4.69) is 11.6 Å². The van der Waals surface area contributed by atoms with Gasteiger partial charge in [-0.05, 0) is 38.9 Å². The fraction of sp³-hybridized carbons (Fsp3) is 0.933. The Kier molecular flexibility index (Phi) is 4.83. The maximum Gasteiger partial charge on any atom is 0.227 e. The van der Waals surface area contributed by atoms with E-state index in [1.165, 1.54) is 32.1 Å². The Morgan fingerprint density at radius 1 is 1.26 bits per heavy atom. The standard InChI is InChI=1S/C15H28N2OS/c1-14(8-6-7-12(14)16)13(18)17-11-15(19-2)9-4-3-5-10-15/h12H,3-11,16H2,1-2H3,(H,17,18). The Morgan fingerprint density at radius 2 is 1.95 bits per heavy atom. The van der Waals surface area contributed by atoms with Crippen molar-refractivity contribution in [3.8, 4) is 0 Å². The minimum Gasteiger partial charge on any atom is -0.354 e. The van der Waals surface area contributed by atoms with Gasteiger partial charge in [-0.25, -0.2) is 0 Å². The van der Waals surface area contributed by atoms with Crippen molar-refractivity contribution in [2.45, 2.75) is 69.1 Å². The second kappa shape index (κ2) is 6.04. The lowest BCUT2D eigenvalue weighted by Crippen LogP contribution is -2.51. The van der Waals surface area contributed by atoms with Crippen molar-refractivity contribution >= 4 is 17.7 Å². The van der Waals surface area contributed by atoms with E-state index >= 15 is 0 Å². The van der Waals surface area contributed by atoms with E-state index in [1.54, 1.807) is 0 Å². The average Bonchev–Trinajstić information content (AvgIpc) is 2.78. The predicted octanol–water partition coefficient (Wildman–Crippen LogP) is 2.69. The fourth-order valence-electron chi connectivity index (χ4n) is 3.57. The molecule has 0 radical (unpaired) electrons. The van der Waals surface area contributed by atoms with Gasteiger partial charge in [-0.15, -0.1) is 0 Å². The zero-order valence-electron chi connectivity index (χ0n) is 12.3. The minimum atomic E-state index is -0.339. The van der Waals surface area contributed by atoms with Crippen LogP contribution in [-0.4, -0.2) is 29.5 Å². The first-order valence-electron chi connectivity index (χ1n) is 7.61. The molecule has 2 fully saturated rings. The molecule has 2 unspecified atom stereocenters. The van der Waals surface area contributed by atoms with Crippen LogP contribution in [0.4, 0.5) is 0 Å². The summed E-state index contributed by atoms with van der Waals surface area (Å²) in [6.07, 6.45) is 11.6. The molecule has 0 heterocycles. The Labute approximate surface area is 121 Å². The molecular formula is C15H28N2OS. The lowest BCUT2D eigenvalue weighted by molar-refractivity contribution is -0.130. The maximum atomic E-state index is 12.5. The molecule has 0 spiro atoms. The summed E-state index contributed by atoms with van der Waals surface area (Å²) in [4.78, 5) is 12.5. The number of carbonyl (C=O) groups is 1. The molecule has 4 heteroatoms. The van der Waals surface area contributed by atoms with Crippen LogP contribution in [0.3, 0.4) is 0 Å². The van der Waals surface area contributed by atoms with E-state index < -0.39 is 0 Å². The van der Waals surface area contributed by atoms with Gasteiger partial charge in [-0.2, -0.15) is 11.8 Å². The Hall–Kier alpha value is -0.220. The molecule has 110 valence electrons. The van der Waals surface area contributed by atoms with Crippen LogP contribution in [0.5, 0.6) is 0 Å². The first-order chi connectivity index (χ1) is 9.02. The number of hydrogen-bond acceptors (Lipinski definition) is 3. The zero-order valence-corrected chi connectivity index (χ0v) is 13.2. The molecule has 0 aromatic heterocycles. The summed E-state index contributed by atoms with van der Waals surface area (Å²) in [5, 5.41) is 3.22. The molecule has 2 rings (SSSR count). The molecule has 0 aliphatic heterocycles. The lowest BCUT2D eigenvalue weighted by atomic mass is 9.83. The van der Waals surface area contributed by atoms with E-state index in [0.29, 0.717) is 0 Å². The van der Waals surface area contributed by atoms with Crippen molar-refractivity contribution < 1.29 is 4.79 Å².